The number of carbonyl (C=O) groups excluding carboxylic acids is 2. The van der Waals surface area contributed by atoms with E-state index >= 15 is 0 Å². The van der Waals surface area contributed by atoms with Gasteiger partial charge in [0, 0.05) is 19.5 Å². The SMILES string of the molecule is CC(CNC(=O)C(Cc1ccccc1)NC(=O)c1ccco1)CN1CCCCC1. The summed E-state index contributed by atoms with van der Waals surface area (Å²) in [5, 5.41) is 5.85. The van der Waals surface area contributed by atoms with Crippen molar-refractivity contribution in [2.45, 2.75) is 38.6 Å². The highest BCUT2D eigenvalue weighted by atomic mass is 16.3. The normalized spacial score (nSPS) is 16.7. The van der Waals surface area contributed by atoms with Crippen LogP contribution in [0, 0.1) is 5.92 Å². The Morgan fingerprint density at radius 2 is 1.83 bits per heavy atom. The molecule has 156 valence electrons. The van der Waals surface area contributed by atoms with Crippen LogP contribution in [0.2, 0.25) is 0 Å². The second-order valence-corrected chi connectivity index (χ2v) is 7.90. The van der Waals surface area contributed by atoms with Crippen LogP contribution in [0.3, 0.4) is 0 Å². The van der Waals surface area contributed by atoms with Gasteiger partial charge in [0.15, 0.2) is 5.76 Å². The largest absolute Gasteiger partial charge is 0.459 e. The van der Waals surface area contributed by atoms with Gasteiger partial charge in [-0.05, 0) is 49.5 Å². The summed E-state index contributed by atoms with van der Waals surface area (Å²) in [6, 6.07) is 12.3. The first-order chi connectivity index (χ1) is 14.1. The molecule has 2 atom stereocenters. The lowest BCUT2D eigenvalue weighted by molar-refractivity contribution is -0.123. The molecule has 1 aromatic heterocycles. The number of piperidine rings is 1. The summed E-state index contributed by atoms with van der Waals surface area (Å²) in [6.07, 6.45) is 5.72. The molecule has 0 bridgehead atoms. The lowest BCUT2D eigenvalue weighted by Gasteiger charge is -2.29. The minimum Gasteiger partial charge on any atom is -0.459 e. The molecule has 6 nitrogen and oxygen atoms in total. The molecule has 0 spiro atoms. The van der Waals surface area contributed by atoms with Crippen molar-refractivity contribution in [3.8, 4) is 0 Å². The number of carbonyl (C=O) groups is 2. The summed E-state index contributed by atoms with van der Waals surface area (Å²) in [5.41, 5.74) is 0.994. The molecule has 0 radical (unpaired) electrons. The van der Waals surface area contributed by atoms with Crippen molar-refractivity contribution in [2.75, 3.05) is 26.2 Å². The topological polar surface area (TPSA) is 74.6 Å². The number of furan rings is 1. The van der Waals surface area contributed by atoms with Crippen LogP contribution in [0.15, 0.2) is 53.1 Å². The zero-order valence-electron chi connectivity index (χ0n) is 17.1. The maximum absolute atomic E-state index is 12.9. The standard InChI is InChI=1S/C23H31N3O3/c1-18(17-26-12-6-3-7-13-26)16-24-22(27)20(15-19-9-4-2-5-10-19)25-23(28)21-11-8-14-29-21/h2,4-5,8-11,14,18,20H,3,6-7,12-13,15-17H2,1H3,(H,24,27)(H,25,28). The Balaban J connectivity index is 1.56. The van der Waals surface area contributed by atoms with Gasteiger partial charge in [-0.25, -0.2) is 0 Å². The van der Waals surface area contributed by atoms with E-state index in [9.17, 15) is 9.59 Å². The fourth-order valence-corrected chi connectivity index (χ4v) is 3.74. The molecule has 1 saturated heterocycles. The maximum atomic E-state index is 12.9. The average molecular weight is 398 g/mol. The first kappa shape index (κ1) is 21.1. The third kappa shape index (κ3) is 6.75. The van der Waals surface area contributed by atoms with Gasteiger partial charge in [-0.15, -0.1) is 0 Å². The van der Waals surface area contributed by atoms with Gasteiger partial charge in [0.25, 0.3) is 5.91 Å². The van der Waals surface area contributed by atoms with Gasteiger partial charge in [-0.1, -0.05) is 43.7 Å². The van der Waals surface area contributed by atoms with Gasteiger partial charge >= 0.3 is 0 Å². The monoisotopic (exact) mass is 397 g/mol. The number of nitrogens with zero attached hydrogens (tertiary/aromatic N) is 1. The molecule has 1 aliphatic rings. The second-order valence-electron chi connectivity index (χ2n) is 7.90. The predicted octanol–water partition coefficient (Wildman–Crippen LogP) is 2.86. The highest BCUT2D eigenvalue weighted by molar-refractivity contribution is 5.95. The molecular formula is C23H31N3O3. The summed E-state index contributed by atoms with van der Waals surface area (Å²) in [5.74, 6) is 0.0104. The van der Waals surface area contributed by atoms with Gasteiger partial charge in [-0.3, -0.25) is 9.59 Å². The average Bonchev–Trinajstić information content (AvgIpc) is 3.28. The summed E-state index contributed by atoms with van der Waals surface area (Å²) < 4.78 is 5.16. The second kappa shape index (κ2) is 10.8. The van der Waals surface area contributed by atoms with E-state index < -0.39 is 6.04 Å². The zero-order valence-corrected chi connectivity index (χ0v) is 17.1. The Bertz CT molecular complexity index is 755. The predicted molar refractivity (Wildman–Crippen MR) is 113 cm³/mol. The molecule has 0 saturated carbocycles. The maximum Gasteiger partial charge on any atom is 0.287 e. The summed E-state index contributed by atoms with van der Waals surface area (Å²) in [4.78, 5) is 27.8. The minimum absolute atomic E-state index is 0.167. The highest BCUT2D eigenvalue weighted by Gasteiger charge is 2.23. The molecule has 1 aromatic carbocycles. The molecule has 2 N–H and O–H groups in total. The number of hydrogen-bond donors (Lipinski definition) is 2. The first-order valence-corrected chi connectivity index (χ1v) is 10.5. The van der Waals surface area contributed by atoms with Crippen LogP contribution >= 0.6 is 0 Å². The molecule has 2 unspecified atom stereocenters. The van der Waals surface area contributed by atoms with Crippen LogP contribution < -0.4 is 10.6 Å². The van der Waals surface area contributed by atoms with Crippen molar-refractivity contribution in [3.63, 3.8) is 0 Å². The van der Waals surface area contributed by atoms with Crippen molar-refractivity contribution in [1.29, 1.82) is 0 Å². The van der Waals surface area contributed by atoms with Crippen LogP contribution in [0.5, 0.6) is 0 Å². The van der Waals surface area contributed by atoms with E-state index in [0.29, 0.717) is 18.9 Å². The molecule has 6 heteroatoms. The molecular weight excluding hydrogens is 366 g/mol. The number of likely N-dealkylation sites (tertiary alicyclic amines) is 1. The van der Waals surface area contributed by atoms with Crippen LogP contribution in [0.25, 0.3) is 0 Å². The lowest BCUT2D eigenvalue weighted by Crippen LogP contribution is -2.49. The molecule has 29 heavy (non-hydrogen) atoms. The van der Waals surface area contributed by atoms with Crippen LogP contribution in [-0.2, 0) is 11.2 Å². The summed E-state index contributed by atoms with van der Waals surface area (Å²) in [7, 11) is 0. The molecule has 0 aliphatic carbocycles. The van der Waals surface area contributed by atoms with E-state index in [-0.39, 0.29) is 17.6 Å². The van der Waals surface area contributed by atoms with Gasteiger partial charge in [0.1, 0.15) is 6.04 Å². The van der Waals surface area contributed by atoms with Crippen LogP contribution in [0.1, 0.15) is 42.3 Å². The van der Waals surface area contributed by atoms with E-state index in [4.69, 9.17) is 4.42 Å². The number of amides is 2. The van der Waals surface area contributed by atoms with Gasteiger partial charge in [0.2, 0.25) is 5.91 Å². The molecule has 1 fully saturated rings. The Kier molecular flexibility index (Phi) is 7.87. The number of hydrogen-bond acceptors (Lipinski definition) is 4. The van der Waals surface area contributed by atoms with Crippen molar-refractivity contribution in [2.24, 2.45) is 5.92 Å². The summed E-state index contributed by atoms with van der Waals surface area (Å²) >= 11 is 0. The molecule has 3 rings (SSSR count). The minimum atomic E-state index is -0.655. The van der Waals surface area contributed by atoms with Crippen LogP contribution in [-0.4, -0.2) is 48.9 Å². The zero-order chi connectivity index (χ0) is 20.5. The smallest absolute Gasteiger partial charge is 0.287 e. The third-order valence-electron chi connectivity index (χ3n) is 5.29. The molecule has 2 amide bonds. The Morgan fingerprint density at radius 1 is 1.07 bits per heavy atom. The molecule has 1 aliphatic heterocycles. The number of benzene rings is 1. The van der Waals surface area contributed by atoms with Crippen molar-refractivity contribution < 1.29 is 14.0 Å². The molecule has 2 heterocycles. The van der Waals surface area contributed by atoms with Gasteiger partial charge < -0.3 is 20.0 Å². The van der Waals surface area contributed by atoms with Crippen molar-refractivity contribution in [1.82, 2.24) is 15.5 Å². The lowest BCUT2D eigenvalue weighted by atomic mass is 10.0. The van der Waals surface area contributed by atoms with Crippen molar-refractivity contribution in [3.05, 3.63) is 60.1 Å². The molecule has 2 aromatic rings. The number of nitrogens with one attached hydrogen (secondary N) is 2. The fraction of sp³-hybridized carbons (Fsp3) is 0.478. The highest BCUT2D eigenvalue weighted by Crippen LogP contribution is 2.11. The van der Waals surface area contributed by atoms with E-state index in [1.54, 1.807) is 12.1 Å². The number of rotatable bonds is 9. The van der Waals surface area contributed by atoms with Gasteiger partial charge in [0.05, 0.1) is 6.26 Å². The Labute approximate surface area is 172 Å². The first-order valence-electron chi connectivity index (χ1n) is 10.5. The quantitative estimate of drug-likeness (QED) is 0.682. The Hall–Kier alpha value is -2.60. The van der Waals surface area contributed by atoms with E-state index in [1.165, 1.54) is 25.5 Å². The third-order valence-corrected chi connectivity index (χ3v) is 5.29. The van der Waals surface area contributed by atoms with E-state index in [2.05, 4.69) is 22.5 Å². The van der Waals surface area contributed by atoms with Crippen LogP contribution in [0.4, 0.5) is 0 Å². The van der Waals surface area contributed by atoms with E-state index in [0.717, 1.165) is 25.2 Å². The summed E-state index contributed by atoms with van der Waals surface area (Å²) in [6.45, 7) is 6.03. The van der Waals surface area contributed by atoms with Gasteiger partial charge in [-0.2, -0.15) is 0 Å². The van der Waals surface area contributed by atoms with Crippen molar-refractivity contribution >= 4 is 11.8 Å². The fourth-order valence-electron chi connectivity index (χ4n) is 3.74. The Morgan fingerprint density at radius 3 is 2.52 bits per heavy atom. The van der Waals surface area contributed by atoms with E-state index in [1.807, 2.05) is 30.3 Å².